The van der Waals surface area contributed by atoms with E-state index < -0.39 is 0 Å². The van der Waals surface area contributed by atoms with Crippen LogP contribution in [0.1, 0.15) is 19.8 Å². The van der Waals surface area contributed by atoms with Gasteiger partial charge in [0.15, 0.2) is 0 Å². The standard InChI is InChI=1S/C8H12FN/c1-6(10)7-4-2-3-5-8(7)9/h3,5-6H,2,4,10H2,1H3. The minimum Gasteiger partial charge on any atom is -0.324 e. The van der Waals surface area contributed by atoms with Gasteiger partial charge in [0.1, 0.15) is 5.83 Å². The molecular weight excluding hydrogens is 129 g/mol. The van der Waals surface area contributed by atoms with Crippen molar-refractivity contribution in [2.75, 3.05) is 0 Å². The van der Waals surface area contributed by atoms with Gasteiger partial charge in [0.2, 0.25) is 0 Å². The third-order valence-electron chi connectivity index (χ3n) is 1.70. The van der Waals surface area contributed by atoms with Gasteiger partial charge in [-0.05, 0) is 31.4 Å². The third-order valence-corrected chi connectivity index (χ3v) is 1.70. The largest absolute Gasteiger partial charge is 0.324 e. The SMILES string of the molecule is CC(N)C1=C(F)C=CCC1. The highest BCUT2D eigenvalue weighted by Crippen LogP contribution is 2.21. The molecule has 1 aliphatic carbocycles. The number of hydrogen-bond donors (Lipinski definition) is 1. The van der Waals surface area contributed by atoms with E-state index in [-0.39, 0.29) is 11.9 Å². The fourth-order valence-electron chi connectivity index (χ4n) is 1.10. The zero-order chi connectivity index (χ0) is 7.56. The zero-order valence-corrected chi connectivity index (χ0v) is 6.10. The van der Waals surface area contributed by atoms with Gasteiger partial charge in [0.05, 0.1) is 0 Å². The van der Waals surface area contributed by atoms with Crippen molar-refractivity contribution in [1.82, 2.24) is 0 Å². The number of nitrogens with two attached hydrogens (primary N) is 1. The van der Waals surface area contributed by atoms with Gasteiger partial charge in [0, 0.05) is 6.04 Å². The summed E-state index contributed by atoms with van der Waals surface area (Å²) in [5.41, 5.74) is 6.28. The molecule has 0 aliphatic heterocycles. The molecule has 0 amide bonds. The lowest BCUT2D eigenvalue weighted by atomic mass is 9.99. The molecule has 0 heterocycles. The summed E-state index contributed by atoms with van der Waals surface area (Å²) in [5, 5.41) is 0. The van der Waals surface area contributed by atoms with Crippen molar-refractivity contribution >= 4 is 0 Å². The van der Waals surface area contributed by atoms with Gasteiger partial charge in [0.25, 0.3) is 0 Å². The fraction of sp³-hybridized carbons (Fsp3) is 0.500. The van der Waals surface area contributed by atoms with Crippen LogP contribution in [0, 0.1) is 0 Å². The molecular formula is C8H12FN. The molecule has 2 heteroatoms. The Labute approximate surface area is 60.4 Å². The molecule has 2 N–H and O–H groups in total. The first-order valence-electron chi connectivity index (χ1n) is 3.52. The monoisotopic (exact) mass is 141 g/mol. The molecule has 1 rings (SSSR count). The normalized spacial score (nSPS) is 21.5. The first-order valence-corrected chi connectivity index (χ1v) is 3.52. The van der Waals surface area contributed by atoms with E-state index in [4.69, 9.17) is 5.73 Å². The van der Waals surface area contributed by atoms with E-state index in [0.717, 1.165) is 18.4 Å². The van der Waals surface area contributed by atoms with E-state index in [1.54, 1.807) is 0 Å². The molecule has 0 aromatic carbocycles. The molecule has 0 spiro atoms. The predicted molar refractivity (Wildman–Crippen MR) is 40.2 cm³/mol. The lowest BCUT2D eigenvalue weighted by Gasteiger charge is -2.13. The van der Waals surface area contributed by atoms with E-state index in [9.17, 15) is 4.39 Å². The van der Waals surface area contributed by atoms with Gasteiger partial charge in [-0.15, -0.1) is 0 Å². The van der Waals surface area contributed by atoms with Crippen molar-refractivity contribution in [2.45, 2.75) is 25.8 Å². The Hall–Kier alpha value is -0.630. The first-order chi connectivity index (χ1) is 4.72. The van der Waals surface area contributed by atoms with Crippen LogP contribution >= 0.6 is 0 Å². The van der Waals surface area contributed by atoms with Gasteiger partial charge < -0.3 is 5.73 Å². The Morgan fingerprint density at radius 3 is 2.80 bits per heavy atom. The summed E-state index contributed by atoms with van der Waals surface area (Å²) >= 11 is 0. The van der Waals surface area contributed by atoms with Gasteiger partial charge >= 0.3 is 0 Å². The third kappa shape index (κ3) is 1.45. The topological polar surface area (TPSA) is 26.0 Å². The first kappa shape index (κ1) is 7.48. The smallest absolute Gasteiger partial charge is 0.123 e. The fourth-order valence-corrected chi connectivity index (χ4v) is 1.10. The molecule has 0 fully saturated rings. The molecule has 1 atom stereocenters. The molecule has 0 radical (unpaired) electrons. The van der Waals surface area contributed by atoms with Crippen molar-refractivity contribution in [3.05, 3.63) is 23.6 Å². The molecule has 0 aromatic heterocycles. The molecule has 10 heavy (non-hydrogen) atoms. The molecule has 56 valence electrons. The lowest BCUT2D eigenvalue weighted by molar-refractivity contribution is 0.610. The maximum atomic E-state index is 12.8. The Morgan fingerprint density at radius 2 is 2.40 bits per heavy atom. The average Bonchev–Trinajstić information content (AvgIpc) is 1.88. The van der Waals surface area contributed by atoms with Gasteiger partial charge in [-0.25, -0.2) is 4.39 Å². The van der Waals surface area contributed by atoms with E-state index in [2.05, 4.69) is 0 Å². The summed E-state index contributed by atoms with van der Waals surface area (Å²) in [6, 6.07) is -0.134. The Morgan fingerprint density at radius 1 is 1.70 bits per heavy atom. The van der Waals surface area contributed by atoms with Gasteiger partial charge in [-0.2, -0.15) is 0 Å². The summed E-state index contributed by atoms with van der Waals surface area (Å²) in [5.74, 6) is -0.138. The van der Waals surface area contributed by atoms with Crippen molar-refractivity contribution in [2.24, 2.45) is 5.73 Å². The second-order valence-electron chi connectivity index (χ2n) is 2.60. The summed E-state index contributed by atoms with van der Waals surface area (Å²) in [6.45, 7) is 1.81. The zero-order valence-electron chi connectivity index (χ0n) is 6.10. The number of rotatable bonds is 1. The molecule has 0 aromatic rings. The number of hydrogen-bond acceptors (Lipinski definition) is 1. The van der Waals surface area contributed by atoms with Crippen molar-refractivity contribution in [1.29, 1.82) is 0 Å². The van der Waals surface area contributed by atoms with E-state index in [1.807, 2.05) is 13.0 Å². The summed E-state index contributed by atoms with van der Waals surface area (Å²) in [6.07, 6.45) is 5.04. The van der Waals surface area contributed by atoms with Crippen LogP contribution in [0.3, 0.4) is 0 Å². The molecule has 0 saturated carbocycles. The Bertz CT molecular complexity index is 180. The highest BCUT2D eigenvalue weighted by molar-refractivity contribution is 5.26. The second kappa shape index (κ2) is 2.97. The summed E-state index contributed by atoms with van der Waals surface area (Å²) < 4.78 is 12.8. The number of allylic oxidation sites excluding steroid dienone is 3. The van der Waals surface area contributed by atoms with E-state index >= 15 is 0 Å². The predicted octanol–water partition coefficient (Wildman–Crippen LogP) is 1.91. The number of halogens is 1. The van der Waals surface area contributed by atoms with Crippen molar-refractivity contribution in [3.63, 3.8) is 0 Å². The van der Waals surface area contributed by atoms with Crippen LogP contribution in [0.15, 0.2) is 23.6 Å². The average molecular weight is 141 g/mol. The maximum absolute atomic E-state index is 12.8. The molecule has 1 nitrogen and oxygen atoms in total. The van der Waals surface area contributed by atoms with Crippen LogP contribution in [0.2, 0.25) is 0 Å². The maximum Gasteiger partial charge on any atom is 0.123 e. The Balaban J connectivity index is 2.79. The van der Waals surface area contributed by atoms with Crippen LogP contribution in [0.25, 0.3) is 0 Å². The summed E-state index contributed by atoms with van der Waals surface area (Å²) in [7, 11) is 0. The molecule has 1 aliphatic rings. The lowest BCUT2D eigenvalue weighted by Crippen LogP contribution is -2.19. The highest BCUT2D eigenvalue weighted by atomic mass is 19.1. The van der Waals surface area contributed by atoms with Crippen LogP contribution in [0.5, 0.6) is 0 Å². The van der Waals surface area contributed by atoms with Gasteiger partial charge in [-0.3, -0.25) is 0 Å². The minimum absolute atomic E-state index is 0.134. The van der Waals surface area contributed by atoms with E-state index in [1.165, 1.54) is 6.08 Å². The quantitative estimate of drug-likeness (QED) is 0.593. The summed E-state index contributed by atoms with van der Waals surface area (Å²) in [4.78, 5) is 0. The molecule has 1 unspecified atom stereocenters. The van der Waals surface area contributed by atoms with Gasteiger partial charge in [-0.1, -0.05) is 6.08 Å². The van der Waals surface area contributed by atoms with Crippen LogP contribution < -0.4 is 5.73 Å². The van der Waals surface area contributed by atoms with E-state index in [0.29, 0.717) is 0 Å². The van der Waals surface area contributed by atoms with Crippen LogP contribution in [-0.4, -0.2) is 6.04 Å². The molecule has 0 bridgehead atoms. The van der Waals surface area contributed by atoms with Crippen LogP contribution in [0.4, 0.5) is 4.39 Å². The minimum atomic E-state index is -0.138. The highest BCUT2D eigenvalue weighted by Gasteiger charge is 2.10. The Kier molecular flexibility index (Phi) is 2.22. The van der Waals surface area contributed by atoms with Crippen molar-refractivity contribution in [3.8, 4) is 0 Å². The van der Waals surface area contributed by atoms with Crippen LogP contribution in [-0.2, 0) is 0 Å². The molecule has 0 saturated heterocycles. The second-order valence-corrected chi connectivity index (χ2v) is 2.60. The van der Waals surface area contributed by atoms with Crippen molar-refractivity contribution < 1.29 is 4.39 Å².